The maximum Gasteiger partial charge on any atom is 0.337 e. The number of anilines is 1. The Hall–Kier alpha value is -3.28. The fraction of sp³-hybridized carbons (Fsp3) is 0.273. The van der Waals surface area contributed by atoms with E-state index in [-0.39, 0.29) is 17.8 Å². The van der Waals surface area contributed by atoms with Crippen LogP contribution in [-0.2, 0) is 12.0 Å². The Bertz CT molecular complexity index is 1100. The largest absolute Gasteiger partial charge is 0.497 e. The van der Waals surface area contributed by atoms with Crippen LogP contribution in [0.4, 0.5) is 5.82 Å². The number of aromatic nitrogens is 2. The zero-order valence-electron chi connectivity index (χ0n) is 16.6. The lowest BCUT2D eigenvalue weighted by atomic mass is 9.85. The molecule has 28 heavy (non-hydrogen) atoms. The van der Waals surface area contributed by atoms with Crippen molar-refractivity contribution < 1.29 is 4.74 Å². The maximum absolute atomic E-state index is 13.2. The van der Waals surface area contributed by atoms with E-state index in [0.29, 0.717) is 11.4 Å². The zero-order chi connectivity index (χ0) is 20.5. The number of para-hydroxylation sites is 1. The number of rotatable bonds is 4. The van der Waals surface area contributed by atoms with Crippen LogP contribution in [0.3, 0.4) is 0 Å². The molecule has 2 N–H and O–H groups in total. The number of hydrogen-bond donors (Lipinski definition) is 1. The lowest BCUT2D eigenvalue weighted by molar-refractivity contribution is 0.414. The summed E-state index contributed by atoms with van der Waals surface area (Å²) in [6.45, 7) is 6.36. The molecule has 0 atom stereocenters. The van der Waals surface area contributed by atoms with Crippen LogP contribution in [0.15, 0.2) is 64.2 Å². The first-order chi connectivity index (χ1) is 13.2. The number of nitrogens with two attached hydrogens (primary N) is 1. The molecule has 0 saturated carbocycles. The Kier molecular flexibility index (Phi) is 5.14. The van der Waals surface area contributed by atoms with Crippen LogP contribution in [0.25, 0.3) is 5.69 Å². The normalized spacial score (nSPS) is 11.4. The van der Waals surface area contributed by atoms with E-state index in [2.05, 4.69) is 20.8 Å². The van der Waals surface area contributed by atoms with Gasteiger partial charge in [-0.1, -0.05) is 51.1 Å². The van der Waals surface area contributed by atoms with Crippen molar-refractivity contribution in [3.63, 3.8) is 0 Å². The highest BCUT2D eigenvalue weighted by Crippen LogP contribution is 2.28. The van der Waals surface area contributed by atoms with Gasteiger partial charge in [0.2, 0.25) is 0 Å². The molecule has 6 heteroatoms. The molecule has 0 amide bonds. The van der Waals surface area contributed by atoms with Crippen molar-refractivity contribution in [3.8, 4) is 11.4 Å². The van der Waals surface area contributed by atoms with E-state index in [4.69, 9.17) is 10.5 Å². The third-order valence-electron chi connectivity index (χ3n) is 4.67. The van der Waals surface area contributed by atoms with Crippen LogP contribution in [0.5, 0.6) is 5.75 Å². The van der Waals surface area contributed by atoms with Gasteiger partial charge in [-0.05, 0) is 34.7 Å². The quantitative estimate of drug-likeness (QED) is 0.756. The van der Waals surface area contributed by atoms with Gasteiger partial charge in [0.05, 0.1) is 19.3 Å². The fourth-order valence-electron chi connectivity index (χ4n) is 3.20. The van der Waals surface area contributed by atoms with Gasteiger partial charge in [-0.15, -0.1) is 0 Å². The van der Waals surface area contributed by atoms with Gasteiger partial charge in [-0.2, -0.15) is 0 Å². The second-order valence-electron chi connectivity index (χ2n) is 7.73. The van der Waals surface area contributed by atoms with E-state index >= 15 is 0 Å². The van der Waals surface area contributed by atoms with Crippen molar-refractivity contribution in [1.82, 2.24) is 9.13 Å². The number of nitrogens with zero attached hydrogens (tertiary/aromatic N) is 2. The topological polar surface area (TPSA) is 79.2 Å². The van der Waals surface area contributed by atoms with Gasteiger partial charge < -0.3 is 10.5 Å². The average Bonchev–Trinajstić information content (AvgIpc) is 2.65. The van der Waals surface area contributed by atoms with Crippen molar-refractivity contribution in [2.24, 2.45) is 0 Å². The predicted octanol–water partition coefficient (Wildman–Crippen LogP) is 2.94. The predicted molar refractivity (Wildman–Crippen MR) is 112 cm³/mol. The van der Waals surface area contributed by atoms with E-state index in [1.807, 2.05) is 36.4 Å². The van der Waals surface area contributed by atoms with Crippen molar-refractivity contribution in [3.05, 3.63) is 86.6 Å². The SMILES string of the molecule is COc1ccc(Cn2c(=O)cc(N)n(-c3ccccc3C(C)(C)C)c2=O)cc1. The highest BCUT2D eigenvalue weighted by Gasteiger charge is 2.21. The molecule has 0 bridgehead atoms. The summed E-state index contributed by atoms with van der Waals surface area (Å²) in [6, 6.07) is 16.2. The molecule has 0 radical (unpaired) electrons. The number of methoxy groups -OCH3 is 1. The molecule has 0 unspecified atom stereocenters. The number of benzene rings is 2. The molecule has 0 fully saturated rings. The summed E-state index contributed by atoms with van der Waals surface area (Å²) in [4.78, 5) is 25.7. The standard InChI is InChI=1S/C22H25N3O3/c1-22(2,3)17-7-5-6-8-18(17)25-19(23)13-20(26)24(21(25)27)14-15-9-11-16(28-4)12-10-15/h5-13H,14,23H2,1-4H3. The Morgan fingerprint density at radius 2 is 1.64 bits per heavy atom. The summed E-state index contributed by atoms with van der Waals surface area (Å²) in [5.41, 5.74) is 7.49. The van der Waals surface area contributed by atoms with Gasteiger partial charge in [0.25, 0.3) is 5.56 Å². The van der Waals surface area contributed by atoms with Gasteiger partial charge in [-0.3, -0.25) is 9.36 Å². The Morgan fingerprint density at radius 3 is 2.25 bits per heavy atom. The number of nitrogen functional groups attached to an aromatic ring is 1. The Labute approximate surface area is 163 Å². The highest BCUT2D eigenvalue weighted by molar-refractivity contribution is 5.50. The third kappa shape index (κ3) is 3.71. The van der Waals surface area contributed by atoms with E-state index in [0.717, 1.165) is 11.1 Å². The minimum absolute atomic E-state index is 0.123. The van der Waals surface area contributed by atoms with Crippen molar-refractivity contribution in [2.45, 2.75) is 32.7 Å². The minimum atomic E-state index is -0.461. The first-order valence-corrected chi connectivity index (χ1v) is 9.07. The molecule has 0 aliphatic rings. The molecule has 0 aliphatic carbocycles. The molecule has 1 aromatic heterocycles. The van der Waals surface area contributed by atoms with Gasteiger partial charge in [0.15, 0.2) is 0 Å². The van der Waals surface area contributed by atoms with Crippen LogP contribution in [-0.4, -0.2) is 16.2 Å². The van der Waals surface area contributed by atoms with Crippen molar-refractivity contribution in [2.75, 3.05) is 12.8 Å². The summed E-state index contributed by atoms with van der Waals surface area (Å²) in [7, 11) is 1.59. The monoisotopic (exact) mass is 379 g/mol. The van der Waals surface area contributed by atoms with E-state index in [9.17, 15) is 9.59 Å². The molecule has 0 aliphatic heterocycles. The molecule has 3 aromatic rings. The molecule has 0 saturated heterocycles. The molecule has 6 nitrogen and oxygen atoms in total. The first kappa shape index (κ1) is 19.5. The van der Waals surface area contributed by atoms with Crippen LogP contribution >= 0.6 is 0 Å². The fourth-order valence-corrected chi connectivity index (χ4v) is 3.20. The summed E-state index contributed by atoms with van der Waals surface area (Å²) < 4.78 is 7.75. The second-order valence-corrected chi connectivity index (χ2v) is 7.73. The van der Waals surface area contributed by atoms with Crippen LogP contribution in [0.1, 0.15) is 31.9 Å². The summed E-state index contributed by atoms with van der Waals surface area (Å²) in [5.74, 6) is 0.836. The first-order valence-electron chi connectivity index (χ1n) is 9.07. The lowest BCUT2D eigenvalue weighted by Gasteiger charge is -2.24. The van der Waals surface area contributed by atoms with Crippen LogP contribution in [0, 0.1) is 0 Å². The van der Waals surface area contributed by atoms with Crippen molar-refractivity contribution >= 4 is 5.82 Å². The third-order valence-corrected chi connectivity index (χ3v) is 4.67. The van der Waals surface area contributed by atoms with E-state index < -0.39 is 11.2 Å². The molecule has 3 rings (SSSR count). The zero-order valence-corrected chi connectivity index (χ0v) is 16.6. The lowest BCUT2D eigenvalue weighted by Crippen LogP contribution is -2.40. The molecule has 0 spiro atoms. The summed E-state index contributed by atoms with van der Waals surface area (Å²) in [6.07, 6.45) is 0. The van der Waals surface area contributed by atoms with E-state index in [1.54, 1.807) is 19.2 Å². The number of ether oxygens (including phenoxy) is 1. The summed E-state index contributed by atoms with van der Waals surface area (Å²) in [5, 5.41) is 0. The van der Waals surface area contributed by atoms with Crippen molar-refractivity contribution in [1.29, 1.82) is 0 Å². The molecule has 1 heterocycles. The summed E-state index contributed by atoms with van der Waals surface area (Å²) >= 11 is 0. The molecule has 146 valence electrons. The smallest absolute Gasteiger partial charge is 0.337 e. The highest BCUT2D eigenvalue weighted by atomic mass is 16.5. The van der Waals surface area contributed by atoms with Gasteiger partial charge in [0.1, 0.15) is 11.6 Å². The van der Waals surface area contributed by atoms with Crippen LogP contribution < -0.4 is 21.7 Å². The van der Waals surface area contributed by atoms with Gasteiger partial charge >= 0.3 is 5.69 Å². The molecular weight excluding hydrogens is 354 g/mol. The number of hydrogen-bond acceptors (Lipinski definition) is 4. The minimum Gasteiger partial charge on any atom is -0.497 e. The van der Waals surface area contributed by atoms with Crippen LogP contribution in [0.2, 0.25) is 0 Å². The second kappa shape index (κ2) is 7.38. The van der Waals surface area contributed by atoms with Gasteiger partial charge in [-0.25, -0.2) is 9.36 Å². The molecular formula is C22H25N3O3. The Morgan fingerprint density at radius 1 is 1.00 bits per heavy atom. The Balaban J connectivity index is 2.17. The maximum atomic E-state index is 13.2. The van der Waals surface area contributed by atoms with Gasteiger partial charge in [0, 0.05) is 6.07 Å². The van der Waals surface area contributed by atoms with E-state index in [1.165, 1.54) is 15.2 Å². The molecule has 2 aromatic carbocycles. The average molecular weight is 379 g/mol.